The van der Waals surface area contributed by atoms with Crippen LogP contribution in [0.1, 0.15) is 23.6 Å². The summed E-state index contributed by atoms with van der Waals surface area (Å²) in [7, 11) is 1.59. The molecule has 6 nitrogen and oxygen atoms in total. The van der Waals surface area contributed by atoms with Crippen molar-refractivity contribution >= 4 is 23.6 Å². The molecule has 3 aromatic carbocycles. The number of methoxy groups -OCH3 is 1. The minimum Gasteiger partial charge on any atom is -0.497 e. The molecule has 0 unspecified atom stereocenters. The van der Waals surface area contributed by atoms with Crippen molar-refractivity contribution in [1.29, 1.82) is 5.26 Å². The third-order valence-corrected chi connectivity index (χ3v) is 5.27. The van der Waals surface area contributed by atoms with Gasteiger partial charge < -0.3 is 19.5 Å². The minimum atomic E-state index is -0.463. The highest BCUT2D eigenvalue weighted by Crippen LogP contribution is 2.31. The number of nitrogens with zero attached hydrogens (tertiary/aromatic N) is 1. The van der Waals surface area contributed by atoms with E-state index >= 15 is 0 Å². The highest BCUT2D eigenvalue weighted by molar-refractivity contribution is 6.31. The van der Waals surface area contributed by atoms with Gasteiger partial charge in [0.1, 0.15) is 24.0 Å². The van der Waals surface area contributed by atoms with Crippen LogP contribution in [0.25, 0.3) is 6.08 Å². The second kappa shape index (κ2) is 12.3. The molecule has 0 spiro atoms. The second-order valence-electron chi connectivity index (χ2n) is 7.22. The fourth-order valence-electron chi connectivity index (χ4n) is 3.11. The minimum absolute atomic E-state index is 0.0132. The Labute approximate surface area is 204 Å². The van der Waals surface area contributed by atoms with Gasteiger partial charge in [-0.1, -0.05) is 48.0 Å². The summed E-state index contributed by atoms with van der Waals surface area (Å²) in [4.78, 5) is 12.5. The summed E-state index contributed by atoms with van der Waals surface area (Å²) >= 11 is 6.20. The molecule has 0 fully saturated rings. The Kier molecular flexibility index (Phi) is 8.96. The van der Waals surface area contributed by atoms with Gasteiger partial charge in [0.15, 0.2) is 11.5 Å². The summed E-state index contributed by atoms with van der Waals surface area (Å²) in [5.41, 5.74) is 2.38. The molecule has 1 N–H and O–H groups in total. The SMILES string of the molecule is CCOc1cc(/C=C(/C#N)C(=O)NCc2ccc(OC)cc2)ccc1OCc1ccccc1Cl. The van der Waals surface area contributed by atoms with E-state index in [0.29, 0.717) is 35.2 Å². The van der Waals surface area contributed by atoms with Crippen LogP contribution in [0.3, 0.4) is 0 Å². The van der Waals surface area contributed by atoms with Gasteiger partial charge in [-0.25, -0.2) is 0 Å². The van der Waals surface area contributed by atoms with E-state index in [4.69, 9.17) is 25.8 Å². The van der Waals surface area contributed by atoms with Gasteiger partial charge in [0.2, 0.25) is 0 Å². The van der Waals surface area contributed by atoms with Crippen molar-refractivity contribution in [3.63, 3.8) is 0 Å². The third-order valence-electron chi connectivity index (χ3n) is 4.90. The number of carbonyl (C=O) groups is 1. The average Bonchev–Trinajstić information content (AvgIpc) is 2.86. The van der Waals surface area contributed by atoms with Crippen molar-refractivity contribution in [3.8, 4) is 23.3 Å². The molecule has 34 heavy (non-hydrogen) atoms. The van der Waals surface area contributed by atoms with Crippen LogP contribution in [0, 0.1) is 11.3 Å². The van der Waals surface area contributed by atoms with Crippen LogP contribution in [-0.4, -0.2) is 19.6 Å². The lowest BCUT2D eigenvalue weighted by atomic mass is 10.1. The first-order chi connectivity index (χ1) is 16.5. The maximum Gasteiger partial charge on any atom is 0.262 e. The molecule has 3 aromatic rings. The number of hydrogen-bond acceptors (Lipinski definition) is 5. The molecule has 0 radical (unpaired) electrons. The molecule has 0 saturated carbocycles. The van der Waals surface area contributed by atoms with Crippen molar-refractivity contribution in [2.45, 2.75) is 20.1 Å². The molecule has 0 aromatic heterocycles. The predicted octanol–water partition coefficient (Wildman–Crippen LogP) is 5.55. The smallest absolute Gasteiger partial charge is 0.262 e. The zero-order chi connectivity index (χ0) is 24.3. The zero-order valence-electron chi connectivity index (χ0n) is 19.0. The molecule has 174 valence electrons. The summed E-state index contributed by atoms with van der Waals surface area (Å²) in [5, 5.41) is 12.9. The summed E-state index contributed by atoms with van der Waals surface area (Å²) in [6, 6.07) is 22.0. The molecule has 0 aliphatic rings. The van der Waals surface area contributed by atoms with Crippen molar-refractivity contribution in [3.05, 3.63) is 94.0 Å². The van der Waals surface area contributed by atoms with Gasteiger partial charge >= 0.3 is 0 Å². The quantitative estimate of drug-likeness (QED) is 0.306. The Morgan fingerprint density at radius 2 is 1.82 bits per heavy atom. The Balaban J connectivity index is 1.71. The zero-order valence-corrected chi connectivity index (χ0v) is 19.8. The standard InChI is InChI=1S/C27H25ClN2O4/c1-3-33-26-15-20(10-13-25(26)34-18-21-6-4-5-7-24(21)28)14-22(16-29)27(31)30-17-19-8-11-23(32-2)12-9-19/h4-15H,3,17-18H2,1-2H3,(H,30,31)/b22-14-. The molecule has 3 rings (SSSR count). The fraction of sp³-hybridized carbons (Fsp3) is 0.185. The number of hydrogen-bond donors (Lipinski definition) is 1. The van der Waals surface area contributed by atoms with E-state index in [-0.39, 0.29) is 12.2 Å². The van der Waals surface area contributed by atoms with E-state index in [2.05, 4.69) is 5.32 Å². The lowest BCUT2D eigenvalue weighted by molar-refractivity contribution is -0.117. The number of ether oxygens (including phenoxy) is 3. The average molecular weight is 477 g/mol. The summed E-state index contributed by atoms with van der Waals surface area (Å²) in [6.07, 6.45) is 1.52. The van der Waals surface area contributed by atoms with Gasteiger partial charge in [-0.2, -0.15) is 5.26 Å². The number of nitrogens with one attached hydrogen (secondary N) is 1. The van der Waals surface area contributed by atoms with E-state index in [0.717, 1.165) is 16.9 Å². The van der Waals surface area contributed by atoms with Gasteiger partial charge in [0, 0.05) is 17.1 Å². The highest BCUT2D eigenvalue weighted by Gasteiger charge is 2.12. The first kappa shape index (κ1) is 24.7. The number of rotatable bonds is 10. The summed E-state index contributed by atoms with van der Waals surface area (Å²) < 4.78 is 16.8. The molecular formula is C27H25ClN2O4. The molecule has 0 heterocycles. The van der Waals surface area contributed by atoms with Crippen LogP contribution in [-0.2, 0) is 17.9 Å². The van der Waals surface area contributed by atoms with Crippen LogP contribution in [0.2, 0.25) is 5.02 Å². The largest absolute Gasteiger partial charge is 0.497 e. The van der Waals surface area contributed by atoms with E-state index in [9.17, 15) is 10.1 Å². The number of carbonyl (C=O) groups excluding carboxylic acids is 1. The molecule has 0 atom stereocenters. The van der Waals surface area contributed by atoms with Crippen molar-refractivity contribution < 1.29 is 19.0 Å². The van der Waals surface area contributed by atoms with Crippen LogP contribution in [0.5, 0.6) is 17.2 Å². The topological polar surface area (TPSA) is 80.6 Å². The molecule has 7 heteroatoms. The fourth-order valence-corrected chi connectivity index (χ4v) is 3.30. The van der Waals surface area contributed by atoms with Gasteiger partial charge in [-0.15, -0.1) is 0 Å². The van der Waals surface area contributed by atoms with E-state index < -0.39 is 5.91 Å². The molecule has 0 bridgehead atoms. The van der Waals surface area contributed by atoms with Crippen LogP contribution < -0.4 is 19.5 Å². The molecular weight excluding hydrogens is 452 g/mol. The Morgan fingerprint density at radius 3 is 2.50 bits per heavy atom. The highest BCUT2D eigenvalue weighted by atomic mass is 35.5. The van der Waals surface area contributed by atoms with Gasteiger partial charge in [0.05, 0.1) is 13.7 Å². The molecule has 1 amide bonds. The normalized spacial score (nSPS) is 10.8. The maximum atomic E-state index is 12.5. The molecule has 0 aliphatic heterocycles. The molecule has 0 saturated heterocycles. The third kappa shape index (κ3) is 6.77. The van der Waals surface area contributed by atoms with Crippen LogP contribution >= 0.6 is 11.6 Å². The van der Waals surface area contributed by atoms with E-state index in [1.54, 1.807) is 31.4 Å². The predicted molar refractivity (Wildman–Crippen MR) is 132 cm³/mol. The number of amides is 1. The summed E-state index contributed by atoms with van der Waals surface area (Å²) in [6.45, 7) is 2.88. The molecule has 0 aliphatic carbocycles. The van der Waals surface area contributed by atoms with Crippen molar-refractivity contribution in [2.75, 3.05) is 13.7 Å². The van der Waals surface area contributed by atoms with E-state index in [1.165, 1.54) is 6.08 Å². The first-order valence-electron chi connectivity index (χ1n) is 10.7. The second-order valence-corrected chi connectivity index (χ2v) is 7.63. The van der Waals surface area contributed by atoms with Crippen LogP contribution in [0.4, 0.5) is 0 Å². The van der Waals surface area contributed by atoms with Gasteiger partial charge in [-0.05, 0) is 54.5 Å². The Hall–Kier alpha value is -3.95. The van der Waals surface area contributed by atoms with Gasteiger partial charge in [-0.3, -0.25) is 4.79 Å². The van der Waals surface area contributed by atoms with E-state index in [1.807, 2.05) is 55.5 Å². The monoisotopic (exact) mass is 476 g/mol. The lowest BCUT2D eigenvalue weighted by Gasteiger charge is -2.13. The lowest BCUT2D eigenvalue weighted by Crippen LogP contribution is -2.23. The number of nitriles is 1. The Morgan fingerprint density at radius 1 is 1.06 bits per heavy atom. The van der Waals surface area contributed by atoms with Gasteiger partial charge in [0.25, 0.3) is 5.91 Å². The maximum absolute atomic E-state index is 12.5. The Bertz CT molecular complexity index is 1200. The number of benzene rings is 3. The van der Waals surface area contributed by atoms with Crippen molar-refractivity contribution in [2.24, 2.45) is 0 Å². The van der Waals surface area contributed by atoms with Crippen molar-refractivity contribution in [1.82, 2.24) is 5.32 Å². The first-order valence-corrected chi connectivity index (χ1v) is 11.1. The summed E-state index contributed by atoms with van der Waals surface area (Å²) in [5.74, 6) is 1.33. The van der Waals surface area contributed by atoms with Crippen LogP contribution in [0.15, 0.2) is 72.3 Å². The number of halogens is 1.